The van der Waals surface area contributed by atoms with Gasteiger partial charge in [0, 0.05) is 17.2 Å². The molecule has 1 aromatic heterocycles. The summed E-state index contributed by atoms with van der Waals surface area (Å²) in [5.41, 5.74) is 3.29. The Kier molecular flexibility index (Phi) is 5.51. The minimum absolute atomic E-state index is 0.534. The van der Waals surface area contributed by atoms with Gasteiger partial charge in [-0.25, -0.2) is 0 Å². The predicted octanol–water partition coefficient (Wildman–Crippen LogP) is 3.28. The third-order valence-electron chi connectivity index (χ3n) is 2.67. The molecule has 0 saturated carbocycles. The average molecular weight is 321 g/mol. The molecule has 0 amide bonds. The van der Waals surface area contributed by atoms with Crippen molar-refractivity contribution in [2.75, 3.05) is 7.05 Å². The predicted molar refractivity (Wildman–Crippen MR) is 79.6 cm³/mol. The maximum absolute atomic E-state index is 5.66. The lowest BCUT2D eigenvalue weighted by Gasteiger charge is -2.05. The van der Waals surface area contributed by atoms with Crippen molar-refractivity contribution in [2.45, 2.75) is 19.8 Å². The molecule has 0 fully saturated rings. The molecule has 0 aliphatic carbocycles. The van der Waals surface area contributed by atoms with E-state index in [1.807, 2.05) is 37.5 Å². The van der Waals surface area contributed by atoms with Gasteiger partial charge in [-0.3, -0.25) is 4.98 Å². The number of pyridine rings is 1. The molecule has 0 radical (unpaired) electrons. The number of halogens is 1. The van der Waals surface area contributed by atoms with E-state index in [1.165, 1.54) is 5.56 Å². The van der Waals surface area contributed by atoms with Crippen molar-refractivity contribution >= 4 is 15.9 Å². The van der Waals surface area contributed by atoms with Gasteiger partial charge in [-0.15, -0.1) is 0 Å². The Balaban J connectivity index is 1.82. The van der Waals surface area contributed by atoms with Crippen molar-refractivity contribution in [3.8, 4) is 0 Å². The van der Waals surface area contributed by atoms with Crippen LogP contribution >= 0.6 is 15.9 Å². The number of ether oxygens (including phenoxy) is 1. The summed E-state index contributed by atoms with van der Waals surface area (Å²) in [7, 11) is 1.93. The van der Waals surface area contributed by atoms with Gasteiger partial charge in [-0.05, 0) is 36.4 Å². The first-order valence-electron chi connectivity index (χ1n) is 6.18. The Morgan fingerprint density at radius 2 is 2.05 bits per heavy atom. The maximum atomic E-state index is 5.66. The van der Waals surface area contributed by atoms with Crippen LogP contribution in [-0.4, -0.2) is 12.0 Å². The van der Waals surface area contributed by atoms with Crippen LogP contribution in [0.4, 0.5) is 0 Å². The highest BCUT2D eigenvalue weighted by Gasteiger charge is 1.98. The van der Waals surface area contributed by atoms with Crippen molar-refractivity contribution in [1.29, 1.82) is 0 Å². The van der Waals surface area contributed by atoms with Crippen LogP contribution in [0.3, 0.4) is 0 Å². The van der Waals surface area contributed by atoms with Gasteiger partial charge in [0.15, 0.2) is 0 Å². The highest BCUT2D eigenvalue weighted by atomic mass is 79.9. The third kappa shape index (κ3) is 4.74. The monoisotopic (exact) mass is 320 g/mol. The molecule has 1 N–H and O–H groups in total. The first kappa shape index (κ1) is 14.2. The van der Waals surface area contributed by atoms with Gasteiger partial charge in [-0.1, -0.05) is 34.1 Å². The van der Waals surface area contributed by atoms with Gasteiger partial charge in [0.2, 0.25) is 0 Å². The number of rotatable bonds is 6. The number of hydrogen-bond acceptors (Lipinski definition) is 3. The molecule has 0 bridgehead atoms. The summed E-state index contributed by atoms with van der Waals surface area (Å²) >= 11 is 3.45. The fourth-order valence-electron chi connectivity index (χ4n) is 1.75. The molecule has 3 nitrogen and oxygen atoms in total. The van der Waals surface area contributed by atoms with Gasteiger partial charge >= 0.3 is 0 Å². The van der Waals surface area contributed by atoms with Gasteiger partial charge in [0.25, 0.3) is 0 Å². The SMILES string of the molecule is CNCc1ccc(COCc2cccc(Br)c2)nc1. The van der Waals surface area contributed by atoms with Crippen molar-refractivity contribution in [3.05, 3.63) is 63.9 Å². The molecule has 1 aromatic carbocycles. The van der Waals surface area contributed by atoms with Crippen molar-refractivity contribution < 1.29 is 4.74 Å². The lowest BCUT2D eigenvalue weighted by molar-refractivity contribution is 0.104. The smallest absolute Gasteiger partial charge is 0.0892 e. The van der Waals surface area contributed by atoms with E-state index in [0.717, 1.165) is 22.3 Å². The van der Waals surface area contributed by atoms with E-state index in [-0.39, 0.29) is 0 Å². The molecule has 0 aliphatic heterocycles. The summed E-state index contributed by atoms with van der Waals surface area (Å²) in [4.78, 5) is 4.37. The zero-order valence-corrected chi connectivity index (χ0v) is 12.5. The van der Waals surface area contributed by atoms with E-state index in [9.17, 15) is 0 Å². The molecule has 0 atom stereocenters. The molecule has 4 heteroatoms. The fourth-order valence-corrected chi connectivity index (χ4v) is 2.20. The number of nitrogens with one attached hydrogen (secondary N) is 1. The van der Waals surface area contributed by atoms with Crippen molar-refractivity contribution in [2.24, 2.45) is 0 Å². The molecule has 19 heavy (non-hydrogen) atoms. The van der Waals surface area contributed by atoms with Gasteiger partial charge < -0.3 is 10.1 Å². The zero-order chi connectivity index (χ0) is 13.5. The highest BCUT2D eigenvalue weighted by molar-refractivity contribution is 9.10. The first-order valence-corrected chi connectivity index (χ1v) is 6.98. The van der Waals surface area contributed by atoms with Crippen LogP contribution in [0.25, 0.3) is 0 Å². The van der Waals surface area contributed by atoms with E-state index >= 15 is 0 Å². The van der Waals surface area contributed by atoms with E-state index in [0.29, 0.717) is 13.2 Å². The molecule has 100 valence electrons. The van der Waals surface area contributed by atoms with Gasteiger partial charge in [0.1, 0.15) is 0 Å². The van der Waals surface area contributed by atoms with Crippen molar-refractivity contribution in [3.63, 3.8) is 0 Å². The molecule has 1 heterocycles. The van der Waals surface area contributed by atoms with Crippen LogP contribution < -0.4 is 5.32 Å². The minimum Gasteiger partial charge on any atom is -0.370 e. The Hall–Kier alpha value is -1.23. The molecule has 0 saturated heterocycles. The molecule has 0 unspecified atom stereocenters. The van der Waals surface area contributed by atoms with Crippen LogP contribution in [0.5, 0.6) is 0 Å². The first-order chi connectivity index (χ1) is 9.28. The quantitative estimate of drug-likeness (QED) is 0.887. The molecule has 2 rings (SSSR count). The Bertz CT molecular complexity index is 514. The number of aromatic nitrogens is 1. The second-order valence-corrected chi connectivity index (χ2v) is 5.23. The zero-order valence-electron chi connectivity index (χ0n) is 10.9. The number of benzene rings is 1. The summed E-state index contributed by atoms with van der Waals surface area (Å²) < 4.78 is 6.73. The summed E-state index contributed by atoms with van der Waals surface area (Å²) in [6, 6.07) is 12.2. The molecule has 0 spiro atoms. The largest absolute Gasteiger partial charge is 0.370 e. The number of nitrogens with zero attached hydrogens (tertiary/aromatic N) is 1. The molecule has 2 aromatic rings. The summed E-state index contributed by atoms with van der Waals surface area (Å²) in [6.07, 6.45) is 1.88. The van der Waals surface area contributed by atoms with E-state index in [1.54, 1.807) is 0 Å². The summed E-state index contributed by atoms with van der Waals surface area (Å²) in [6.45, 7) is 1.97. The Labute approximate surface area is 122 Å². The standard InChI is InChI=1S/C15H17BrN2O/c1-17-8-13-5-6-15(18-9-13)11-19-10-12-3-2-4-14(16)7-12/h2-7,9,17H,8,10-11H2,1H3. The topological polar surface area (TPSA) is 34.1 Å². The molecule has 0 aliphatic rings. The van der Waals surface area contributed by atoms with E-state index in [4.69, 9.17) is 4.74 Å². The average Bonchev–Trinajstić information content (AvgIpc) is 2.41. The summed E-state index contributed by atoms with van der Waals surface area (Å²) in [5.74, 6) is 0. The Morgan fingerprint density at radius 3 is 2.74 bits per heavy atom. The van der Waals surface area contributed by atoms with E-state index in [2.05, 4.69) is 38.4 Å². The van der Waals surface area contributed by atoms with Crippen LogP contribution in [0.15, 0.2) is 47.1 Å². The van der Waals surface area contributed by atoms with Crippen LogP contribution in [0.2, 0.25) is 0 Å². The van der Waals surface area contributed by atoms with Gasteiger partial charge in [0.05, 0.1) is 18.9 Å². The third-order valence-corrected chi connectivity index (χ3v) is 3.17. The van der Waals surface area contributed by atoms with E-state index < -0.39 is 0 Å². The lowest BCUT2D eigenvalue weighted by Crippen LogP contribution is -2.05. The minimum atomic E-state index is 0.534. The summed E-state index contributed by atoms with van der Waals surface area (Å²) in [5, 5.41) is 3.10. The fraction of sp³-hybridized carbons (Fsp3) is 0.267. The second kappa shape index (κ2) is 7.38. The molecular formula is C15H17BrN2O. The van der Waals surface area contributed by atoms with Crippen LogP contribution in [0, 0.1) is 0 Å². The maximum Gasteiger partial charge on any atom is 0.0892 e. The normalized spacial score (nSPS) is 10.6. The second-order valence-electron chi connectivity index (χ2n) is 4.31. The van der Waals surface area contributed by atoms with Crippen molar-refractivity contribution in [1.82, 2.24) is 10.3 Å². The highest BCUT2D eigenvalue weighted by Crippen LogP contribution is 2.13. The lowest BCUT2D eigenvalue weighted by atomic mass is 10.2. The molecular weight excluding hydrogens is 304 g/mol. The van der Waals surface area contributed by atoms with Crippen LogP contribution in [-0.2, 0) is 24.5 Å². The Morgan fingerprint density at radius 1 is 1.16 bits per heavy atom. The van der Waals surface area contributed by atoms with Gasteiger partial charge in [-0.2, -0.15) is 0 Å². The number of hydrogen-bond donors (Lipinski definition) is 1. The van der Waals surface area contributed by atoms with Crippen LogP contribution in [0.1, 0.15) is 16.8 Å².